The molecule has 5 nitrogen and oxygen atoms in total. The SMILES string of the molecule is CC(C)c1nc2cc(/C=C/C(=O)CO)ccc2c(=O)n1CCc1ccccc1. The molecule has 0 bridgehead atoms. The van der Waals surface area contributed by atoms with Crippen LogP contribution < -0.4 is 5.56 Å². The second-order valence-corrected chi connectivity index (χ2v) is 7.05. The lowest BCUT2D eigenvalue weighted by atomic mass is 10.1. The molecule has 144 valence electrons. The van der Waals surface area contributed by atoms with Gasteiger partial charge in [0.15, 0.2) is 5.78 Å². The van der Waals surface area contributed by atoms with E-state index in [9.17, 15) is 9.59 Å². The fraction of sp³-hybridized carbons (Fsp3) is 0.261. The lowest BCUT2D eigenvalue weighted by Crippen LogP contribution is -2.27. The van der Waals surface area contributed by atoms with Gasteiger partial charge in [0.1, 0.15) is 12.4 Å². The van der Waals surface area contributed by atoms with Gasteiger partial charge in [-0.2, -0.15) is 0 Å². The number of aliphatic hydroxyl groups is 1. The molecule has 1 heterocycles. The quantitative estimate of drug-likeness (QED) is 0.642. The number of carbonyl (C=O) groups excluding carboxylic acids is 1. The van der Waals surface area contributed by atoms with Crippen molar-refractivity contribution in [1.29, 1.82) is 0 Å². The molecule has 0 spiro atoms. The molecular weight excluding hydrogens is 352 g/mol. The van der Waals surface area contributed by atoms with E-state index < -0.39 is 6.61 Å². The van der Waals surface area contributed by atoms with Crippen molar-refractivity contribution in [3.63, 3.8) is 0 Å². The van der Waals surface area contributed by atoms with Crippen molar-refractivity contribution in [3.05, 3.63) is 81.9 Å². The third-order valence-corrected chi connectivity index (χ3v) is 4.61. The number of carbonyl (C=O) groups is 1. The third-order valence-electron chi connectivity index (χ3n) is 4.61. The van der Waals surface area contributed by atoms with Crippen LogP contribution in [0.2, 0.25) is 0 Å². The molecule has 1 N–H and O–H groups in total. The standard InChI is InChI=1S/C23H24N2O3/c1-16(2)22-24-21-14-18(8-10-19(27)15-26)9-11-20(21)23(28)25(22)13-12-17-6-4-3-5-7-17/h3-11,14,16,26H,12-13,15H2,1-2H3/b10-8+. The Morgan fingerprint density at radius 2 is 1.93 bits per heavy atom. The number of aromatic nitrogens is 2. The zero-order chi connectivity index (χ0) is 20.1. The molecule has 0 amide bonds. The van der Waals surface area contributed by atoms with Crippen molar-refractivity contribution in [1.82, 2.24) is 9.55 Å². The molecule has 0 radical (unpaired) electrons. The van der Waals surface area contributed by atoms with Crippen LogP contribution in [0.4, 0.5) is 0 Å². The monoisotopic (exact) mass is 376 g/mol. The maximum absolute atomic E-state index is 13.1. The molecule has 5 heteroatoms. The highest BCUT2D eigenvalue weighted by Gasteiger charge is 2.14. The minimum atomic E-state index is -0.522. The number of rotatable bonds is 7. The van der Waals surface area contributed by atoms with Gasteiger partial charge in [-0.3, -0.25) is 14.2 Å². The van der Waals surface area contributed by atoms with Crippen LogP contribution in [0.5, 0.6) is 0 Å². The van der Waals surface area contributed by atoms with Crippen LogP contribution in [0.25, 0.3) is 17.0 Å². The molecule has 0 saturated carbocycles. The van der Waals surface area contributed by atoms with Gasteiger partial charge in [-0.1, -0.05) is 56.3 Å². The van der Waals surface area contributed by atoms with Gasteiger partial charge >= 0.3 is 0 Å². The van der Waals surface area contributed by atoms with Crippen molar-refractivity contribution in [2.24, 2.45) is 0 Å². The van der Waals surface area contributed by atoms with Crippen molar-refractivity contribution < 1.29 is 9.90 Å². The first-order chi connectivity index (χ1) is 13.5. The van der Waals surface area contributed by atoms with Crippen LogP contribution in [0.15, 0.2) is 59.4 Å². The van der Waals surface area contributed by atoms with E-state index in [-0.39, 0.29) is 17.3 Å². The molecule has 2 aromatic carbocycles. The Morgan fingerprint density at radius 1 is 1.18 bits per heavy atom. The molecule has 28 heavy (non-hydrogen) atoms. The van der Waals surface area contributed by atoms with Gasteiger partial charge in [-0.05, 0) is 35.8 Å². The van der Waals surface area contributed by atoms with Crippen LogP contribution >= 0.6 is 0 Å². The summed E-state index contributed by atoms with van der Waals surface area (Å²) in [6, 6.07) is 15.4. The van der Waals surface area contributed by atoms with Crippen LogP contribution in [-0.2, 0) is 17.8 Å². The fourth-order valence-electron chi connectivity index (χ4n) is 3.14. The molecule has 0 aliphatic heterocycles. The van der Waals surface area contributed by atoms with Crippen LogP contribution in [0.1, 0.15) is 36.7 Å². The molecular formula is C23H24N2O3. The Labute approximate surface area is 164 Å². The average molecular weight is 376 g/mol. The Balaban J connectivity index is 2.01. The maximum Gasteiger partial charge on any atom is 0.261 e. The second-order valence-electron chi connectivity index (χ2n) is 7.05. The van der Waals surface area contributed by atoms with E-state index in [1.165, 1.54) is 11.6 Å². The summed E-state index contributed by atoms with van der Waals surface area (Å²) < 4.78 is 1.77. The number of aliphatic hydroxyl groups excluding tert-OH is 1. The number of ketones is 1. The predicted octanol–water partition coefficient (Wildman–Crippen LogP) is 3.34. The number of fused-ring (bicyclic) bond motifs is 1. The number of nitrogens with zero attached hydrogens (tertiary/aromatic N) is 2. The zero-order valence-electron chi connectivity index (χ0n) is 16.1. The maximum atomic E-state index is 13.1. The summed E-state index contributed by atoms with van der Waals surface area (Å²) in [7, 11) is 0. The summed E-state index contributed by atoms with van der Waals surface area (Å²) in [5.74, 6) is 0.483. The largest absolute Gasteiger partial charge is 0.388 e. The lowest BCUT2D eigenvalue weighted by molar-refractivity contribution is -0.117. The zero-order valence-corrected chi connectivity index (χ0v) is 16.1. The summed E-state index contributed by atoms with van der Waals surface area (Å²) in [6.07, 6.45) is 3.71. The van der Waals surface area contributed by atoms with Crippen molar-refractivity contribution in [3.8, 4) is 0 Å². The molecule has 0 saturated heterocycles. The summed E-state index contributed by atoms with van der Waals surface area (Å²) in [5, 5.41) is 9.38. The van der Waals surface area contributed by atoms with Gasteiger partial charge < -0.3 is 5.11 Å². The Bertz CT molecular complexity index is 1070. The molecule has 0 fully saturated rings. The molecule has 0 aliphatic carbocycles. The predicted molar refractivity (Wildman–Crippen MR) is 111 cm³/mol. The summed E-state index contributed by atoms with van der Waals surface area (Å²) in [4.78, 5) is 29.1. The summed E-state index contributed by atoms with van der Waals surface area (Å²) in [6.45, 7) is 4.10. The number of hydrogen-bond donors (Lipinski definition) is 1. The van der Waals surface area contributed by atoms with Crippen LogP contribution in [0, 0.1) is 0 Å². The highest BCUT2D eigenvalue weighted by Crippen LogP contribution is 2.18. The van der Waals surface area contributed by atoms with Crippen LogP contribution in [0.3, 0.4) is 0 Å². The second kappa shape index (κ2) is 8.76. The van der Waals surface area contributed by atoms with E-state index in [4.69, 9.17) is 10.1 Å². The lowest BCUT2D eigenvalue weighted by Gasteiger charge is -2.16. The fourth-order valence-corrected chi connectivity index (χ4v) is 3.14. The van der Waals surface area contributed by atoms with E-state index in [1.807, 2.05) is 32.0 Å². The molecule has 0 atom stereocenters. The normalized spacial score (nSPS) is 11.6. The topological polar surface area (TPSA) is 72.2 Å². The van der Waals surface area contributed by atoms with Crippen molar-refractivity contribution in [2.45, 2.75) is 32.7 Å². The average Bonchev–Trinajstić information content (AvgIpc) is 2.71. The number of benzene rings is 2. The minimum absolute atomic E-state index is 0.0494. The number of aryl methyl sites for hydroxylation is 1. The Hall–Kier alpha value is -3.05. The van der Waals surface area contributed by atoms with Crippen LogP contribution in [-0.4, -0.2) is 27.0 Å². The first kappa shape index (κ1) is 19.7. The van der Waals surface area contributed by atoms with Gasteiger partial charge in [0, 0.05) is 12.5 Å². The first-order valence-corrected chi connectivity index (χ1v) is 9.40. The molecule has 0 aliphatic rings. The van der Waals surface area contributed by atoms with Gasteiger partial charge in [-0.25, -0.2) is 4.98 Å². The van der Waals surface area contributed by atoms with Gasteiger partial charge in [0.05, 0.1) is 10.9 Å². The van der Waals surface area contributed by atoms with Gasteiger partial charge in [0.2, 0.25) is 0 Å². The summed E-state index contributed by atoms with van der Waals surface area (Å²) >= 11 is 0. The molecule has 3 aromatic rings. The highest BCUT2D eigenvalue weighted by molar-refractivity contribution is 5.94. The van der Waals surface area contributed by atoms with Crippen molar-refractivity contribution >= 4 is 22.8 Å². The van der Waals surface area contributed by atoms with E-state index in [2.05, 4.69) is 12.1 Å². The first-order valence-electron chi connectivity index (χ1n) is 9.40. The van der Waals surface area contributed by atoms with Gasteiger partial charge in [-0.15, -0.1) is 0 Å². The number of hydrogen-bond acceptors (Lipinski definition) is 4. The van der Waals surface area contributed by atoms with Gasteiger partial charge in [0.25, 0.3) is 5.56 Å². The van der Waals surface area contributed by atoms with E-state index in [0.29, 0.717) is 17.4 Å². The molecule has 0 unspecified atom stereocenters. The smallest absolute Gasteiger partial charge is 0.261 e. The summed E-state index contributed by atoms with van der Waals surface area (Å²) in [5.41, 5.74) is 2.51. The molecule has 1 aromatic heterocycles. The van der Waals surface area contributed by atoms with E-state index in [0.717, 1.165) is 17.8 Å². The molecule has 3 rings (SSSR count). The van der Waals surface area contributed by atoms with E-state index >= 15 is 0 Å². The highest BCUT2D eigenvalue weighted by atomic mass is 16.3. The Morgan fingerprint density at radius 3 is 2.61 bits per heavy atom. The third kappa shape index (κ3) is 4.43. The van der Waals surface area contributed by atoms with Crippen molar-refractivity contribution in [2.75, 3.05) is 6.61 Å². The Kier molecular flexibility index (Phi) is 6.16. The van der Waals surface area contributed by atoms with E-state index in [1.54, 1.807) is 28.8 Å². The minimum Gasteiger partial charge on any atom is -0.388 e.